The second-order valence-electron chi connectivity index (χ2n) is 6.06. The summed E-state index contributed by atoms with van der Waals surface area (Å²) in [6.07, 6.45) is 2.30. The van der Waals surface area contributed by atoms with Crippen molar-refractivity contribution < 1.29 is 12.8 Å². The van der Waals surface area contributed by atoms with Gasteiger partial charge in [0.15, 0.2) is 0 Å². The van der Waals surface area contributed by atoms with Gasteiger partial charge in [0.05, 0.1) is 4.90 Å². The molecule has 4 atom stereocenters. The fourth-order valence-corrected chi connectivity index (χ4v) is 5.66. The number of hydrogen-bond acceptors (Lipinski definition) is 3. The Labute approximate surface area is 118 Å². The molecule has 3 saturated heterocycles. The molecule has 3 aliphatic heterocycles. The van der Waals surface area contributed by atoms with Gasteiger partial charge in [-0.1, -0.05) is 6.07 Å². The number of benzene rings is 1. The molecule has 0 radical (unpaired) electrons. The van der Waals surface area contributed by atoms with Gasteiger partial charge in [-0.15, -0.1) is 0 Å². The highest BCUT2D eigenvalue weighted by Crippen LogP contribution is 2.44. The molecule has 0 saturated carbocycles. The first-order chi connectivity index (χ1) is 9.55. The van der Waals surface area contributed by atoms with E-state index in [1.165, 1.54) is 18.2 Å². The van der Waals surface area contributed by atoms with Gasteiger partial charge in [0, 0.05) is 25.2 Å². The fourth-order valence-electron chi connectivity index (χ4n) is 4.12. The molecule has 108 valence electrons. The first-order valence-electron chi connectivity index (χ1n) is 7.07. The Hall–Kier alpha value is -0.980. The lowest BCUT2D eigenvalue weighted by Crippen LogP contribution is -2.34. The summed E-state index contributed by atoms with van der Waals surface area (Å²) in [6, 6.07) is 6.23. The third-order valence-electron chi connectivity index (χ3n) is 5.06. The van der Waals surface area contributed by atoms with E-state index < -0.39 is 15.8 Å². The van der Waals surface area contributed by atoms with Gasteiger partial charge in [-0.05, 0) is 42.9 Å². The van der Waals surface area contributed by atoms with Crippen molar-refractivity contribution in [2.75, 3.05) is 13.1 Å². The van der Waals surface area contributed by atoms with Crippen LogP contribution < -0.4 is 5.32 Å². The van der Waals surface area contributed by atoms with Gasteiger partial charge in [-0.2, -0.15) is 4.31 Å². The molecular weight excluding hydrogens is 279 g/mol. The molecule has 20 heavy (non-hydrogen) atoms. The largest absolute Gasteiger partial charge is 0.311 e. The van der Waals surface area contributed by atoms with Gasteiger partial charge < -0.3 is 5.32 Å². The van der Waals surface area contributed by atoms with E-state index in [0.29, 0.717) is 37.0 Å². The number of rotatable bonds is 2. The molecule has 0 aromatic heterocycles. The number of fused-ring (bicyclic) bond motifs is 5. The molecule has 3 heterocycles. The molecule has 1 N–H and O–H groups in total. The minimum atomic E-state index is -3.56. The van der Waals surface area contributed by atoms with Crippen LogP contribution in [-0.4, -0.2) is 37.9 Å². The number of nitrogens with zero attached hydrogens (tertiary/aromatic N) is 1. The zero-order chi connectivity index (χ0) is 13.9. The highest BCUT2D eigenvalue weighted by Gasteiger charge is 2.53. The number of hydrogen-bond donors (Lipinski definition) is 1. The second-order valence-corrected chi connectivity index (χ2v) is 8.00. The molecule has 0 amide bonds. The number of sulfonamides is 1. The van der Waals surface area contributed by atoms with E-state index in [0.717, 1.165) is 18.9 Å². The summed E-state index contributed by atoms with van der Waals surface area (Å²) in [5.74, 6) is 0.348. The van der Waals surface area contributed by atoms with Gasteiger partial charge in [0.2, 0.25) is 10.0 Å². The van der Waals surface area contributed by atoms with E-state index in [2.05, 4.69) is 5.32 Å². The average Bonchev–Trinajstić information content (AvgIpc) is 3.11. The predicted octanol–water partition coefficient (Wildman–Crippen LogP) is 1.20. The van der Waals surface area contributed by atoms with Crippen LogP contribution in [0.3, 0.4) is 0 Å². The lowest BCUT2D eigenvalue weighted by atomic mass is 9.82. The molecule has 4 nitrogen and oxygen atoms in total. The second kappa shape index (κ2) is 4.26. The van der Waals surface area contributed by atoms with Crippen LogP contribution in [0.15, 0.2) is 29.2 Å². The maximum absolute atomic E-state index is 13.3. The standard InChI is InChI=1S/C14H17FN2O2S/c15-9-2-1-3-10(6-9)20(18,19)17-7-11-12(8-17)14-5-4-13(11)16-14/h1-3,6,11-14,16H,4-5,7-8H2/t11-,12+,13-,14+. The molecule has 4 rings (SSSR count). The van der Waals surface area contributed by atoms with Crippen molar-refractivity contribution in [3.05, 3.63) is 30.1 Å². The Morgan fingerprint density at radius 1 is 1.15 bits per heavy atom. The Morgan fingerprint density at radius 3 is 2.40 bits per heavy atom. The SMILES string of the molecule is O=S(=O)(c1cccc(F)c1)N1C[C@@H]2[C@H](C1)[C@@H]1CC[C@H]2N1. The molecule has 1 aromatic carbocycles. The van der Waals surface area contributed by atoms with E-state index in [-0.39, 0.29) is 4.90 Å². The van der Waals surface area contributed by atoms with Crippen molar-refractivity contribution >= 4 is 10.0 Å². The zero-order valence-electron chi connectivity index (χ0n) is 11.0. The van der Waals surface area contributed by atoms with E-state index >= 15 is 0 Å². The highest BCUT2D eigenvalue weighted by molar-refractivity contribution is 7.89. The third-order valence-corrected chi connectivity index (χ3v) is 6.89. The van der Waals surface area contributed by atoms with Crippen LogP contribution in [0.1, 0.15) is 12.8 Å². The maximum atomic E-state index is 13.3. The summed E-state index contributed by atoms with van der Waals surface area (Å²) in [4.78, 5) is 0.0674. The predicted molar refractivity (Wildman–Crippen MR) is 72.1 cm³/mol. The lowest BCUT2D eigenvalue weighted by molar-refractivity contribution is 0.354. The number of halogens is 1. The Bertz CT molecular complexity index is 630. The van der Waals surface area contributed by atoms with Gasteiger partial charge in [0.25, 0.3) is 0 Å². The normalized spacial score (nSPS) is 36.5. The molecule has 6 heteroatoms. The molecule has 3 aliphatic rings. The summed E-state index contributed by atoms with van der Waals surface area (Å²) < 4.78 is 40.0. The maximum Gasteiger partial charge on any atom is 0.243 e. The van der Waals surface area contributed by atoms with Crippen molar-refractivity contribution in [2.45, 2.75) is 29.8 Å². The van der Waals surface area contributed by atoms with Crippen LogP contribution >= 0.6 is 0 Å². The summed E-state index contributed by atoms with van der Waals surface area (Å²) in [5, 5.41) is 3.57. The molecule has 0 spiro atoms. The Kier molecular flexibility index (Phi) is 2.71. The number of nitrogens with one attached hydrogen (secondary N) is 1. The van der Waals surface area contributed by atoms with Crippen molar-refractivity contribution in [1.29, 1.82) is 0 Å². The van der Waals surface area contributed by atoms with Crippen molar-refractivity contribution in [3.8, 4) is 0 Å². The van der Waals surface area contributed by atoms with Crippen LogP contribution in [0.4, 0.5) is 4.39 Å². The molecule has 2 bridgehead atoms. The quantitative estimate of drug-likeness (QED) is 0.892. The summed E-state index contributed by atoms with van der Waals surface area (Å²) in [5.41, 5.74) is 0. The Morgan fingerprint density at radius 2 is 1.80 bits per heavy atom. The average molecular weight is 296 g/mol. The van der Waals surface area contributed by atoms with Gasteiger partial charge in [-0.25, -0.2) is 12.8 Å². The molecule has 1 aromatic rings. The van der Waals surface area contributed by atoms with Crippen LogP contribution in [-0.2, 0) is 10.0 Å². The molecule has 0 unspecified atom stereocenters. The van der Waals surface area contributed by atoms with Crippen LogP contribution in [0, 0.1) is 17.7 Å². The first kappa shape index (κ1) is 12.7. The Balaban J connectivity index is 1.62. The van der Waals surface area contributed by atoms with E-state index in [1.54, 1.807) is 4.31 Å². The van der Waals surface area contributed by atoms with E-state index in [4.69, 9.17) is 0 Å². The van der Waals surface area contributed by atoms with E-state index in [1.807, 2.05) is 0 Å². The first-order valence-corrected chi connectivity index (χ1v) is 8.51. The summed E-state index contributed by atoms with van der Waals surface area (Å²) in [6.45, 7) is 1.13. The van der Waals surface area contributed by atoms with Crippen molar-refractivity contribution in [3.63, 3.8) is 0 Å². The van der Waals surface area contributed by atoms with Crippen LogP contribution in [0.2, 0.25) is 0 Å². The highest BCUT2D eigenvalue weighted by atomic mass is 32.2. The smallest absolute Gasteiger partial charge is 0.243 e. The van der Waals surface area contributed by atoms with Crippen LogP contribution in [0.5, 0.6) is 0 Å². The molecular formula is C14H17FN2O2S. The van der Waals surface area contributed by atoms with Gasteiger partial charge in [0.1, 0.15) is 5.82 Å². The lowest BCUT2D eigenvalue weighted by Gasteiger charge is -2.20. The van der Waals surface area contributed by atoms with Gasteiger partial charge >= 0.3 is 0 Å². The summed E-state index contributed by atoms with van der Waals surface area (Å²) in [7, 11) is -3.56. The molecule has 3 fully saturated rings. The van der Waals surface area contributed by atoms with E-state index in [9.17, 15) is 12.8 Å². The zero-order valence-corrected chi connectivity index (χ0v) is 11.8. The summed E-state index contributed by atoms with van der Waals surface area (Å²) >= 11 is 0. The van der Waals surface area contributed by atoms with Crippen molar-refractivity contribution in [1.82, 2.24) is 9.62 Å². The monoisotopic (exact) mass is 296 g/mol. The van der Waals surface area contributed by atoms with Crippen LogP contribution in [0.25, 0.3) is 0 Å². The van der Waals surface area contributed by atoms with Gasteiger partial charge in [-0.3, -0.25) is 0 Å². The minimum absolute atomic E-state index is 0.0674. The fraction of sp³-hybridized carbons (Fsp3) is 0.571. The topological polar surface area (TPSA) is 49.4 Å². The third kappa shape index (κ3) is 1.75. The minimum Gasteiger partial charge on any atom is -0.311 e. The molecule has 0 aliphatic carbocycles. The van der Waals surface area contributed by atoms with Crippen molar-refractivity contribution in [2.24, 2.45) is 11.8 Å².